The largest absolute Gasteiger partial charge is 0.453 e. The molecule has 1 N–H and O–H groups in total. The highest BCUT2D eigenvalue weighted by atomic mass is 28.4. The van der Waals surface area contributed by atoms with Crippen molar-refractivity contribution in [3.8, 4) is 0 Å². The van der Waals surface area contributed by atoms with E-state index in [0.717, 1.165) is 24.0 Å². The Labute approximate surface area is 193 Å². The van der Waals surface area contributed by atoms with Crippen LogP contribution >= 0.6 is 0 Å². The van der Waals surface area contributed by atoms with Gasteiger partial charge in [0.1, 0.15) is 12.1 Å². The molecule has 0 bridgehead atoms. The molecule has 2 rings (SSSR count). The molecule has 0 spiro atoms. The lowest BCUT2D eigenvalue weighted by molar-refractivity contribution is -0.149. The van der Waals surface area contributed by atoms with E-state index in [1.165, 1.54) is 0 Å². The third-order valence-corrected chi connectivity index (χ3v) is 10.4. The summed E-state index contributed by atoms with van der Waals surface area (Å²) in [4.78, 5) is 24.6. The maximum absolute atomic E-state index is 12.7. The van der Waals surface area contributed by atoms with Gasteiger partial charge in [0.2, 0.25) is 0 Å². The molecule has 1 aromatic carbocycles. The van der Waals surface area contributed by atoms with Gasteiger partial charge in [0.25, 0.3) is 0 Å². The van der Waals surface area contributed by atoms with Crippen molar-refractivity contribution in [1.82, 2.24) is 5.32 Å². The van der Waals surface area contributed by atoms with Crippen LogP contribution in [0.4, 0.5) is 4.79 Å². The van der Waals surface area contributed by atoms with Gasteiger partial charge in [-0.25, -0.2) is 4.79 Å². The summed E-state index contributed by atoms with van der Waals surface area (Å²) >= 11 is 0. The fraction of sp³-hybridized carbons (Fsp3) is 0.600. The highest BCUT2D eigenvalue weighted by Gasteiger charge is 2.43. The molecule has 0 saturated heterocycles. The van der Waals surface area contributed by atoms with Gasteiger partial charge in [0, 0.05) is 0 Å². The van der Waals surface area contributed by atoms with E-state index in [9.17, 15) is 9.59 Å². The molecule has 0 saturated carbocycles. The van der Waals surface area contributed by atoms with E-state index in [1.54, 1.807) is 20.8 Å². The first kappa shape index (κ1) is 26.1. The Kier molecular flexibility index (Phi) is 8.34. The summed E-state index contributed by atoms with van der Waals surface area (Å²) in [5.41, 5.74) is 1.32. The van der Waals surface area contributed by atoms with Gasteiger partial charge in [-0.2, -0.15) is 0 Å². The molecule has 2 atom stereocenters. The average Bonchev–Trinajstić information content (AvgIpc) is 2.66. The molecule has 1 amide bonds. The smallest absolute Gasteiger partial charge is 0.408 e. The lowest BCUT2D eigenvalue weighted by atomic mass is 9.89. The van der Waals surface area contributed by atoms with Crippen molar-refractivity contribution in [1.29, 1.82) is 0 Å². The average molecular weight is 462 g/mol. The molecular weight excluding hydrogens is 422 g/mol. The van der Waals surface area contributed by atoms with Crippen molar-refractivity contribution in [2.75, 3.05) is 6.54 Å². The Morgan fingerprint density at radius 3 is 2.25 bits per heavy atom. The Hall–Kier alpha value is -2.12. The fourth-order valence-electron chi connectivity index (χ4n) is 3.24. The zero-order valence-corrected chi connectivity index (χ0v) is 21.8. The SMILES string of the molecule is CC(C)(C)OC(=O)NCC(=O)O[C@@H]1C(c2ccccc2)=CCC[C@@H]1O[Si](C)(C)C(C)(C)C. The van der Waals surface area contributed by atoms with Crippen LogP contribution in [0, 0.1) is 0 Å². The van der Waals surface area contributed by atoms with Crippen molar-refractivity contribution in [3.63, 3.8) is 0 Å². The monoisotopic (exact) mass is 461 g/mol. The molecule has 178 valence electrons. The predicted octanol–water partition coefficient (Wildman–Crippen LogP) is 5.69. The summed E-state index contributed by atoms with van der Waals surface area (Å²) < 4.78 is 17.8. The summed E-state index contributed by atoms with van der Waals surface area (Å²) in [6.45, 7) is 16.0. The molecule has 1 aliphatic carbocycles. The first-order valence-corrected chi connectivity index (χ1v) is 14.2. The van der Waals surface area contributed by atoms with Gasteiger partial charge in [-0.3, -0.25) is 4.79 Å². The zero-order chi connectivity index (χ0) is 24.2. The van der Waals surface area contributed by atoms with E-state index in [4.69, 9.17) is 13.9 Å². The Bertz CT molecular complexity index is 821. The van der Waals surface area contributed by atoms with Crippen LogP contribution in [0.15, 0.2) is 36.4 Å². The molecular formula is C25H39NO5Si. The third-order valence-electron chi connectivity index (χ3n) is 5.85. The molecule has 0 fully saturated rings. The number of esters is 1. The Morgan fingerprint density at radius 2 is 1.69 bits per heavy atom. The van der Waals surface area contributed by atoms with Gasteiger partial charge >= 0.3 is 12.1 Å². The zero-order valence-electron chi connectivity index (χ0n) is 20.8. The standard InChI is InChI=1S/C25H39NO5Si/c1-24(2,3)30-23(28)26-17-21(27)29-22-19(18-13-10-9-11-14-18)15-12-16-20(22)31-32(7,8)25(4,5)6/h9-11,13-15,20,22H,12,16-17H2,1-8H3,(H,26,28)/t20-,22+/m0/s1. The van der Waals surface area contributed by atoms with Crippen LogP contribution in [0.25, 0.3) is 5.57 Å². The second kappa shape index (κ2) is 10.2. The van der Waals surface area contributed by atoms with Gasteiger partial charge in [-0.05, 0) is 62.9 Å². The van der Waals surface area contributed by atoms with E-state index < -0.39 is 32.1 Å². The van der Waals surface area contributed by atoms with Crippen molar-refractivity contribution in [2.24, 2.45) is 0 Å². The van der Waals surface area contributed by atoms with Gasteiger partial charge in [0.05, 0.1) is 6.10 Å². The number of carbonyl (C=O) groups is 2. The normalized spacial score (nSPS) is 19.7. The molecule has 1 aliphatic rings. The number of benzene rings is 1. The number of amides is 1. The van der Waals surface area contributed by atoms with E-state index in [1.807, 2.05) is 30.3 Å². The number of allylic oxidation sites excluding steroid dienone is 1. The van der Waals surface area contributed by atoms with Gasteiger partial charge in [-0.1, -0.05) is 57.2 Å². The van der Waals surface area contributed by atoms with Crippen LogP contribution in [0.2, 0.25) is 18.1 Å². The van der Waals surface area contributed by atoms with Gasteiger partial charge in [-0.15, -0.1) is 0 Å². The number of ether oxygens (including phenoxy) is 2. The fourth-order valence-corrected chi connectivity index (χ4v) is 4.59. The van der Waals surface area contributed by atoms with Crippen LogP contribution in [0.5, 0.6) is 0 Å². The number of alkyl carbamates (subject to hydrolysis) is 1. The molecule has 0 radical (unpaired) electrons. The molecule has 1 aromatic rings. The lowest BCUT2D eigenvalue weighted by Crippen LogP contribution is -2.49. The first-order chi connectivity index (χ1) is 14.7. The topological polar surface area (TPSA) is 73.9 Å². The van der Waals surface area contributed by atoms with E-state index in [0.29, 0.717) is 0 Å². The molecule has 7 heteroatoms. The van der Waals surface area contributed by atoms with Gasteiger partial charge < -0.3 is 19.2 Å². The number of rotatable bonds is 6. The van der Waals surface area contributed by atoms with Crippen molar-refractivity contribution >= 4 is 26.0 Å². The molecule has 0 aromatic heterocycles. The predicted molar refractivity (Wildman–Crippen MR) is 130 cm³/mol. The summed E-state index contributed by atoms with van der Waals surface area (Å²) in [5, 5.41) is 2.52. The van der Waals surface area contributed by atoms with E-state index >= 15 is 0 Å². The van der Waals surface area contributed by atoms with Crippen molar-refractivity contribution in [3.05, 3.63) is 42.0 Å². The number of carbonyl (C=O) groups excluding carboxylic acids is 2. The second-order valence-electron chi connectivity index (χ2n) is 10.8. The lowest BCUT2D eigenvalue weighted by Gasteiger charge is -2.42. The molecule has 6 nitrogen and oxygen atoms in total. The highest BCUT2D eigenvalue weighted by molar-refractivity contribution is 6.74. The Morgan fingerprint density at radius 1 is 1.06 bits per heavy atom. The molecule has 0 aliphatic heterocycles. The maximum atomic E-state index is 12.7. The van der Waals surface area contributed by atoms with E-state index in [2.05, 4.69) is 45.3 Å². The first-order valence-electron chi connectivity index (χ1n) is 11.3. The van der Waals surface area contributed by atoms with Crippen LogP contribution < -0.4 is 5.32 Å². The van der Waals surface area contributed by atoms with Crippen LogP contribution in [-0.2, 0) is 18.7 Å². The quantitative estimate of drug-likeness (QED) is 0.435. The number of nitrogens with one attached hydrogen (secondary N) is 1. The number of hydrogen-bond donors (Lipinski definition) is 1. The maximum Gasteiger partial charge on any atom is 0.408 e. The van der Waals surface area contributed by atoms with E-state index in [-0.39, 0.29) is 17.7 Å². The van der Waals surface area contributed by atoms with Gasteiger partial charge in [0.15, 0.2) is 14.4 Å². The van der Waals surface area contributed by atoms with Crippen molar-refractivity contribution < 1.29 is 23.5 Å². The van der Waals surface area contributed by atoms with Crippen molar-refractivity contribution in [2.45, 2.75) is 90.3 Å². The minimum absolute atomic E-state index is 0.0356. The summed E-state index contributed by atoms with van der Waals surface area (Å²) in [7, 11) is -2.09. The number of hydrogen-bond acceptors (Lipinski definition) is 5. The highest BCUT2D eigenvalue weighted by Crippen LogP contribution is 2.41. The van der Waals surface area contributed by atoms with Crippen LogP contribution in [0.1, 0.15) is 59.9 Å². The minimum Gasteiger partial charge on any atom is -0.453 e. The molecule has 0 heterocycles. The minimum atomic E-state index is -2.09. The molecule has 0 unspecified atom stereocenters. The van der Waals surface area contributed by atoms with Crippen LogP contribution in [-0.4, -0.2) is 44.7 Å². The second-order valence-corrected chi connectivity index (χ2v) is 15.5. The molecule has 32 heavy (non-hydrogen) atoms. The Balaban J connectivity index is 2.20. The van der Waals surface area contributed by atoms with Crippen LogP contribution in [0.3, 0.4) is 0 Å². The summed E-state index contributed by atoms with van der Waals surface area (Å²) in [5.74, 6) is -0.520. The summed E-state index contributed by atoms with van der Waals surface area (Å²) in [6.07, 6.45) is 2.34. The summed E-state index contributed by atoms with van der Waals surface area (Å²) in [6, 6.07) is 9.93. The third kappa shape index (κ3) is 7.48.